The Morgan fingerprint density at radius 1 is 1.24 bits per heavy atom. The van der Waals surface area contributed by atoms with Crippen molar-refractivity contribution in [2.75, 3.05) is 6.54 Å². The fourth-order valence-electron chi connectivity index (χ4n) is 2.36. The van der Waals surface area contributed by atoms with Gasteiger partial charge in [-0.05, 0) is 31.4 Å². The second-order valence-electron chi connectivity index (χ2n) is 5.98. The van der Waals surface area contributed by atoms with Crippen LogP contribution in [0.1, 0.15) is 43.3 Å². The molecule has 1 aromatic heterocycles. The van der Waals surface area contributed by atoms with Crippen molar-refractivity contribution in [2.24, 2.45) is 5.92 Å². The molecule has 0 amide bonds. The number of nitrogens with one attached hydrogen (secondary N) is 1. The number of thiazole rings is 1. The van der Waals surface area contributed by atoms with E-state index < -0.39 is 0 Å². The third kappa shape index (κ3) is 4.39. The van der Waals surface area contributed by atoms with Gasteiger partial charge in [0.1, 0.15) is 5.01 Å². The molecule has 0 aliphatic heterocycles. The Kier molecular flexibility index (Phi) is 5.95. The maximum atomic E-state index is 4.91. The first-order valence-electron chi connectivity index (χ1n) is 7.87. The molecule has 1 heterocycles. The zero-order valence-corrected chi connectivity index (χ0v) is 14.4. The van der Waals surface area contributed by atoms with E-state index in [1.807, 2.05) is 11.3 Å². The molecule has 0 saturated heterocycles. The maximum absolute atomic E-state index is 4.91. The summed E-state index contributed by atoms with van der Waals surface area (Å²) in [5.41, 5.74) is 3.85. The fourth-order valence-corrected chi connectivity index (χ4v) is 3.52. The van der Waals surface area contributed by atoms with Crippen LogP contribution in [0.25, 0.3) is 10.6 Å². The molecule has 0 unspecified atom stereocenters. The Morgan fingerprint density at radius 2 is 2.00 bits per heavy atom. The zero-order chi connectivity index (χ0) is 15.2. The van der Waals surface area contributed by atoms with Crippen molar-refractivity contribution in [3.05, 3.63) is 40.4 Å². The number of benzene rings is 1. The van der Waals surface area contributed by atoms with Crippen LogP contribution in [0.15, 0.2) is 24.3 Å². The van der Waals surface area contributed by atoms with Gasteiger partial charge in [-0.2, -0.15) is 0 Å². The Balaban J connectivity index is 2.22. The standard InChI is InChI=1S/C18H26N2S/c1-5-8-16-17(12-19-11-13(2)3)21-18(20-16)15-10-7-6-9-14(15)4/h6-7,9-10,13,19H,5,8,11-12H2,1-4H3. The number of hydrogen-bond donors (Lipinski definition) is 1. The van der Waals surface area contributed by atoms with E-state index in [0.717, 1.165) is 30.9 Å². The first kappa shape index (κ1) is 16.2. The number of nitrogens with zero attached hydrogens (tertiary/aromatic N) is 1. The third-order valence-electron chi connectivity index (χ3n) is 3.48. The van der Waals surface area contributed by atoms with Gasteiger partial charge >= 0.3 is 0 Å². The molecule has 0 fully saturated rings. The quantitative estimate of drug-likeness (QED) is 0.793. The molecule has 0 aliphatic carbocycles. The van der Waals surface area contributed by atoms with Gasteiger partial charge in [0, 0.05) is 17.0 Å². The van der Waals surface area contributed by atoms with Gasteiger partial charge in [-0.15, -0.1) is 11.3 Å². The minimum Gasteiger partial charge on any atom is -0.312 e. The minimum atomic E-state index is 0.684. The summed E-state index contributed by atoms with van der Waals surface area (Å²) in [5, 5.41) is 4.71. The number of aromatic nitrogens is 1. The van der Waals surface area contributed by atoms with E-state index in [4.69, 9.17) is 4.98 Å². The number of rotatable bonds is 7. The maximum Gasteiger partial charge on any atom is 0.124 e. The topological polar surface area (TPSA) is 24.9 Å². The number of hydrogen-bond acceptors (Lipinski definition) is 3. The van der Waals surface area contributed by atoms with Crippen LogP contribution in [0.5, 0.6) is 0 Å². The molecule has 0 atom stereocenters. The first-order chi connectivity index (χ1) is 10.1. The lowest BCUT2D eigenvalue weighted by Gasteiger charge is -2.06. The van der Waals surface area contributed by atoms with Crippen molar-refractivity contribution in [2.45, 2.75) is 47.1 Å². The second kappa shape index (κ2) is 7.71. The smallest absolute Gasteiger partial charge is 0.124 e. The van der Waals surface area contributed by atoms with E-state index in [1.165, 1.54) is 21.7 Å². The van der Waals surface area contributed by atoms with Gasteiger partial charge in [0.25, 0.3) is 0 Å². The molecule has 0 spiro atoms. The molecule has 0 radical (unpaired) electrons. The van der Waals surface area contributed by atoms with Gasteiger partial charge in [0.2, 0.25) is 0 Å². The van der Waals surface area contributed by atoms with Gasteiger partial charge in [0.05, 0.1) is 5.69 Å². The predicted octanol–water partition coefficient (Wildman–Crippen LogP) is 4.82. The average molecular weight is 302 g/mol. The Morgan fingerprint density at radius 3 is 2.67 bits per heavy atom. The van der Waals surface area contributed by atoms with Crippen molar-refractivity contribution >= 4 is 11.3 Å². The van der Waals surface area contributed by atoms with Crippen LogP contribution in [0.4, 0.5) is 0 Å². The van der Waals surface area contributed by atoms with Gasteiger partial charge in [-0.1, -0.05) is 51.5 Å². The van der Waals surface area contributed by atoms with E-state index in [0.29, 0.717) is 5.92 Å². The van der Waals surface area contributed by atoms with Crippen LogP contribution in [-0.4, -0.2) is 11.5 Å². The summed E-state index contributed by atoms with van der Waals surface area (Å²) in [5.74, 6) is 0.684. The molecule has 0 bridgehead atoms. The van der Waals surface area contributed by atoms with E-state index in [1.54, 1.807) is 0 Å². The van der Waals surface area contributed by atoms with Gasteiger partial charge in [-0.3, -0.25) is 0 Å². The van der Waals surface area contributed by atoms with Crippen molar-refractivity contribution in [1.82, 2.24) is 10.3 Å². The molecule has 2 nitrogen and oxygen atoms in total. The van der Waals surface area contributed by atoms with Crippen LogP contribution in [0, 0.1) is 12.8 Å². The molecule has 0 saturated carbocycles. The van der Waals surface area contributed by atoms with Gasteiger partial charge in [0.15, 0.2) is 0 Å². The summed E-state index contributed by atoms with van der Waals surface area (Å²) in [6, 6.07) is 8.52. The SMILES string of the molecule is CCCc1nc(-c2ccccc2C)sc1CNCC(C)C. The lowest BCUT2D eigenvalue weighted by atomic mass is 10.1. The zero-order valence-electron chi connectivity index (χ0n) is 13.6. The third-order valence-corrected chi connectivity index (χ3v) is 4.61. The van der Waals surface area contributed by atoms with Crippen LogP contribution >= 0.6 is 11.3 Å². The highest BCUT2D eigenvalue weighted by Gasteiger charge is 2.13. The molecule has 2 rings (SSSR count). The molecule has 2 aromatic rings. The summed E-state index contributed by atoms with van der Waals surface area (Å²) in [7, 11) is 0. The summed E-state index contributed by atoms with van der Waals surface area (Å²) in [4.78, 5) is 6.31. The molecule has 0 aliphatic rings. The normalized spacial score (nSPS) is 11.3. The molecule has 114 valence electrons. The molecular formula is C18H26N2S. The summed E-state index contributed by atoms with van der Waals surface area (Å²) >= 11 is 1.84. The van der Waals surface area contributed by atoms with Crippen LogP contribution in [-0.2, 0) is 13.0 Å². The Bertz CT molecular complexity index is 572. The van der Waals surface area contributed by atoms with Crippen molar-refractivity contribution in [3.8, 4) is 10.6 Å². The fraction of sp³-hybridized carbons (Fsp3) is 0.500. The Hall–Kier alpha value is -1.19. The lowest BCUT2D eigenvalue weighted by molar-refractivity contribution is 0.553. The van der Waals surface area contributed by atoms with Gasteiger partial charge < -0.3 is 5.32 Å². The highest BCUT2D eigenvalue weighted by atomic mass is 32.1. The lowest BCUT2D eigenvalue weighted by Crippen LogP contribution is -2.19. The minimum absolute atomic E-state index is 0.684. The van der Waals surface area contributed by atoms with Crippen LogP contribution < -0.4 is 5.32 Å². The molecule has 3 heteroatoms. The second-order valence-corrected chi connectivity index (χ2v) is 7.06. The number of aryl methyl sites for hydroxylation is 2. The van der Waals surface area contributed by atoms with Crippen molar-refractivity contribution < 1.29 is 0 Å². The van der Waals surface area contributed by atoms with E-state index in [9.17, 15) is 0 Å². The van der Waals surface area contributed by atoms with Crippen molar-refractivity contribution in [1.29, 1.82) is 0 Å². The molecule has 1 N–H and O–H groups in total. The summed E-state index contributed by atoms with van der Waals surface area (Å²) < 4.78 is 0. The first-order valence-corrected chi connectivity index (χ1v) is 8.68. The average Bonchev–Trinajstić information content (AvgIpc) is 2.82. The highest BCUT2D eigenvalue weighted by Crippen LogP contribution is 2.30. The monoisotopic (exact) mass is 302 g/mol. The summed E-state index contributed by atoms with van der Waals surface area (Å²) in [6.07, 6.45) is 2.22. The molecular weight excluding hydrogens is 276 g/mol. The molecule has 21 heavy (non-hydrogen) atoms. The van der Waals surface area contributed by atoms with Crippen LogP contribution in [0.2, 0.25) is 0 Å². The Labute approximate surface area is 132 Å². The highest BCUT2D eigenvalue weighted by molar-refractivity contribution is 7.15. The van der Waals surface area contributed by atoms with E-state index >= 15 is 0 Å². The van der Waals surface area contributed by atoms with Crippen molar-refractivity contribution in [3.63, 3.8) is 0 Å². The van der Waals surface area contributed by atoms with E-state index in [-0.39, 0.29) is 0 Å². The predicted molar refractivity (Wildman–Crippen MR) is 92.8 cm³/mol. The molecule has 1 aromatic carbocycles. The van der Waals surface area contributed by atoms with E-state index in [2.05, 4.69) is 57.3 Å². The largest absolute Gasteiger partial charge is 0.312 e. The summed E-state index contributed by atoms with van der Waals surface area (Å²) in [6.45, 7) is 10.9. The van der Waals surface area contributed by atoms with Crippen LogP contribution in [0.3, 0.4) is 0 Å². The van der Waals surface area contributed by atoms with Gasteiger partial charge in [-0.25, -0.2) is 4.98 Å².